The Morgan fingerprint density at radius 2 is 1.76 bits per heavy atom. The Kier molecular flexibility index (Phi) is 5.41. The Morgan fingerprint density at radius 1 is 1.14 bits per heavy atom. The molecule has 0 aromatic heterocycles. The molecule has 2 rings (SSSR count). The van der Waals surface area contributed by atoms with Crippen LogP contribution in [0.5, 0.6) is 0 Å². The zero-order chi connectivity index (χ0) is 15.5. The molecule has 2 N–H and O–H groups in total. The minimum atomic E-state index is -3.38. The number of sulfonamides is 1. The van der Waals surface area contributed by atoms with Crippen molar-refractivity contribution in [1.82, 2.24) is 10.0 Å². The standard InChI is InChI=1S/C16H26N2O2S/c1-12(2)17-11-14-4-8-16(9-5-14)21(19,20)18-10-13(3)15-6-7-15/h4-5,8-9,12-13,15,17-18H,6-7,10-11H2,1-3H3. The van der Waals surface area contributed by atoms with E-state index in [0.29, 0.717) is 29.3 Å². The topological polar surface area (TPSA) is 58.2 Å². The summed E-state index contributed by atoms with van der Waals surface area (Å²) in [5.74, 6) is 1.13. The van der Waals surface area contributed by atoms with E-state index >= 15 is 0 Å². The van der Waals surface area contributed by atoms with Crippen LogP contribution in [0, 0.1) is 11.8 Å². The molecule has 118 valence electrons. The summed E-state index contributed by atoms with van der Waals surface area (Å²) in [6, 6.07) is 7.52. The van der Waals surface area contributed by atoms with Gasteiger partial charge in [0.05, 0.1) is 4.90 Å². The van der Waals surface area contributed by atoms with Gasteiger partial charge in [0.25, 0.3) is 0 Å². The molecule has 1 aliphatic rings. The summed E-state index contributed by atoms with van der Waals surface area (Å²) in [6.07, 6.45) is 2.47. The second kappa shape index (κ2) is 6.90. The molecule has 0 aliphatic heterocycles. The zero-order valence-corrected chi connectivity index (χ0v) is 13.9. The third-order valence-electron chi connectivity index (χ3n) is 3.97. The maximum absolute atomic E-state index is 12.2. The van der Waals surface area contributed by atoms with E-state index in [-0.39, 0.29) is 0 Å². The molecular weight excluding hydrogens is 284 g/mol. The van der Waals surface area contributed by atoms with Crippen LogP contribution < -0.4 is 10.0 Å². The highest BCUT2D eigenvalue weighted by Crippen LogP contribution is 2.36. The quantitative estimate of drug-likeness (QED) is 0.775. The van der Waals surface area contributed by atoms with Gasteiger partial charge < -0.3 is 5.32 Å². The lowest BCUT2D eigenvalue weighted by Gasteiger charge is -2.12. The summed E-state index contributed by atoms with van der Waals surface area (Å²) in [4.78, 5) is 0.346. The fraction of sp³-hybridized carbons (Fsp3) is 0.625. The van der Waals surface area contributed by atoms with Gasteiger partial charge >= 0.3 is 0 Å². The Bertz CT molecular complexity index is 548. The molecule has 1 unspecified atom stereocenters. The molecule has 21 heavy (non-hydrogen) atoms. The molecule has 0 bridgehead atoms. The second-order valence-electron chi connectivity index (χ2n) is 6.35. The van der Waals surface area contributed by atoms with Crippen molar-refractivity contribution in [2.24, 2.45) is 11.8 Å². The minimum Gasteiger partial charge on any atom is -0.310 e. The average Bonchev–Trinajstić information content (AvgIpc) is 3.27. The molecule has 1 aliphatic carbocycles. The van der Waals surface area contributed by atoms with Crippen molar-refractivity contribution < 1.29 is 8.42 Å². The van der Waals surface area contributed by atoms with Crippen LogP contribution in [-0.2, 0) is 16.6 Å². The maximum Gasteiger partial charge on any atom is 0.240 e. The van der Waals surface area contributed by atoms with Gasteiger partial charge in [0.1, 0.15) is 0 Å². The molecule has 1 aromatic rings. The number of benzene rings is 1. The highest BCUT2D eigenvalue weighted by Gasteiger charge is 2.28. The summed E-state index contributed by atoms with van der Waals surface area (Å²) in [7, 11) is -3.38. The normalized spacial score (nSPS) is 17.1. The van der Waals surface area contributed by atoms with E-state index in [2.05, 4.69) is 30.8 Å². The van der Waals surface area contributed by atoms with Gasteiger partial charge in [-0.05, 0) is 42.4 Å². The Hall–Kier alpha value is -0.910. The summed E-state index contributed by atoms with van der Waals surface area (Å²) < 4.78 is 27.2. The molecule has 1 aromatic carbocycles. The average molecular weight is 310 g/mol. The Balaban J connectivity index is 1.92. The first kappa shape index (κ1) is 16.5. The van der Waals surface area contributed by atoms with Crippen LogP contribution >= 0.6 is 0 Å². The minimum absolute atomic E-state index is 0.346. The van der Waals surface area contributed by atoms with E-state index < -0.39 is 10.0 Å². The summed E-state index contributed by atoms with van der Waals surface area (Å²) in [5, 5.41) is 3.31. The van der Waals surface area contributed by atoms with Gasteiger partial charge in [-0.3, -0.25) is 0 Å². The second-order valence-corrected chi connectivity index (χ2v) is 8.11. The fourth-order valence-electron chi connectivity index (χ4n) is 2.26. The lowest BCUT2D eigenvalue weighted by molar-refractivity contribution is 0.492. The van der Waals surface area contributed by atoms with Crippen LogP contribution in [-0.4, -0.2) is 21.0 Å². The molecule has 0 heterocycles. The Morgan fingerprint density at radius 3 is 2.29 bits per heavy atom. The zero-order valence-electron chi connectivity index (χ0n) is 13.1. The molecular formula is C16H26N2O2S. The van der Waals surface area contributed by atoms with E-state index in [1.54, 1.807) is 12.1 Å². The van der Waals surface area contributed by atoms with E-state index in [0.717, 1.165) is 12.1 Å². The van der Waals surface area contributed by atoms with Crippen molar-refractivity contribution in [2.45, 2.75) is 51.1 Å². The summed E-state index contributed by atoms with van der Waals surface area (Å²) in [6.45, 7) is 7.57. The van der Waals surface area contributed by atoms with Gasteiger partial charge in [-0.15, -0.1) is 0 Å². The summed E-state index contributed by atoms with van der Waals surface area (Å²) >= 11 is 0. The smallest absolute Gasteiger partial charge is 0.240 e. The largest absolute Gasteiger partial charge is 0.310 e. The van der Waals surface area contributed by atoms with Crippen LogP contribution in [0.15, 0.2) is 29.2 Å². The van der Waals surface area contributed by atoms with Crippen LogP contribution in [0.4, 0.5) is 0 Å². The number of hydrogen-bond acceptors (Lipinski definition) is 3. The van der Waals surface area contributed by atoms with Crippen molar-refractivity contribution in [3.8, 4) is 0 Å². The van der Waals surface area contributed by atoms with Gasteiger partial charge in [-0.1, -0.05) is 32.9 Å². The van der Waals surface area contributed by atoms with Gasteiger partial charge in [0.2, 0.25) is 10.0 Å². The molecule has 0 radical (unpaired) electrons. The SMILES string of the molecule is CC(C)NCc1ccc(S(=O)(=O)NCC(C)C2CC2)cc1. The third-order valence-corrected chi connectivity index (χ3v) is 5.41. The maximum atomic E-state index is 12.2. The lowest BCUT2D eigenvalue weighted by Crippen LogP contribution is -2.29. The number of hydrogen-bond donors (Lipinski definition) is 2. The van der Waals surface area contributed by atoms with E-state index in [1.165, 1.54) is 12.8 Å². The van der Waals surface area contributed by atoms with E-state index in [1.807, 2.05) is 12.1 Å². The molecule has 5 heteroatoms. The van der Waals surface area contributed by atoms with Crippen LogP contribution in [0.2, 0.25) is 0 Å². The molecule has 0 amide bonds. The van der Waals surface area contributed by atoms with Crippen LogP contribution in [0.1, 0.15) is 39.2 Å². The predicted molar refractivity (Wildman–Crippen MR) is 85.5 cm³/mol. The molecule has 0 saturated heterocycles. The number of rotatable bonds is 8. The van der Waals surface area contributed by atoms with Gasteiger partial charge in [0, 0.05) is 19.1 Å². The van der Waals surface area contributed by atoms with E-state index in [4.69, 9.17) is 0 Å². The monoisotopic (exact) mass is 310 g/mol. The third kappa shape index (κ3) is 5.09. The first-order valence-electron chi connectivity index (χ1n) is 7.70. The van der Waals surface area contributed by atoms with Crippen molar-refractivity contribution in [2.75, 3.05) is 6.54 Å². The molecule has 1 atom stereocenters. The van der Waals surface area contributed by atoms with Crippen molar-refractivity contribution >= 4 is 10.0 Å². The fourth-order valence-corrected chi connectivity index (χ4v) is 3.41. The first-order chi connectivity index (χ1) is 9.88. The molecule has 1 fully saturated rings. The predicted octanol–water partition coefficient (Wildman–Crippen LogP) is 2.51. The first-order valence-corrected chi connectivity index (χ1v) is 9.19. The lowest BCUT2D eigenvalue weighted by atomic mass is 10.1. The molecule has 1 saturated carbocycles. The highest BCUT2D eigenvalue weighted by molar-refractivity contribution is 7.89. The van der Waals surface area contributed by atoms with Gasteiger partial charge in [-0.25, -0.2) is 13.1 Å². The highest BCUT2D eigenvalue weighted by atomic mass is 32.2. The Labute approximate surface area is 128 Å². The van der Waals surface area contributed by atoms with Crippen LogP contribution in [0.3, 0.4) is 0 Å². The molecule has 4 nitrogen and oxygen atoms in total. The van der Waals surface area contributed by atoms with E-state index in [9.17, 15) is 8.42 Å². The van der Waals surface area contributed by atoms with Crippen molar-refractivity contribution in [3.05, 3.63) is 29.8 Å². The summed E-state index contributed by atoms with van der Waals surface area (Å²) in [5.41, 5.74) is 1.09. The molecule has 0 spiro atoms. The van der Waals surface area contributed by atoms with Crippen molar-refractivity contribution in [3.63, 3.8) is 0 Å². The van der Waals surface area contributed by atoms with Gasteiger partial charge in [0.15, 0.2) is 0 Å². The van der Waals surface area contributed by atoms with Gasteiger partial charge in [-0.2, -0.15) is 0 Å². The number of nitrogens with one attached hydrogen (secondary N) is 2. The van der Waals surface area contributed by atoms with Crippen molar-refractivity contribution in [1.29, 1.82) is 0 Å². The van der Waals surface area contributed by atoms with Crippen LogP contribution in [0.25, 0.3) is 0 Å².